The molecule has 0 aromatic heterocycles. The number of benzene rings is 3. The molecule has 0 saturated carbocycles. The van der Waals surface area contributed by atoms with E-state index in [0.717, 1.165) is 16.7 Å². The number of hydrogen-bond donors (Lipinski definition) is 0. The number of rotatable bonds is 9. The van der Waals surface area contributed by atoms with E-state index in [1.807, 2.05) is 54.6 Å². The Bertz CT molecular complexity index is 832. The highest BCUT2D eigenvalue weighted by atomic mass is 16.5. The minimum absolute atomic E-state index is 0.441. The Balaban J connectivity index is 2.52. The standard InChI is InChI=1S/C25H28O6/c1-26-16-10-7-11-17(27-2)22(16)25(23-18(28-3)12-8-13-19(23)29-4)24-20(30-5)14-9-15-21(24)31-6/h7-15,25H,1-6H3. The van der Waals surface area contributed by atoms with Crippen LogP contribution in [0.3, 0.4) is 0 Å². The molecule has 0 amide bonds. The van der Waals surface area contributed by atoms with E-state index >= 15 is 0 Å². The van der Waals surface area contributed by atoms with Crippen LogP contribution in [0, 0.1) is 0 Å². The lowest BCUT2D eigenvalue weighted by Gasteiger charge is -2.28. The summed E-state index contributed by atoms with van der Waals surface area (Å²) in [7, 11) is 9.80. The van der Waals surface area contributed by atoms with Crippen LogP contribution in [0.15, 0.2) is 54.6 Å². The minimum atomic E-state index is -0.441. The molecule has 6 nitrogen and oxygen atoms in total. The molecular weight excluding hydrogens is 396 g/mol. The molecule has 3 rings (SSSR count). The van der Waals surface area contributed by atoms with E-state index in [4.69, 9.17) is 28.4 Å². The smallest absolute Gasteiger partial charge is 0.126 e. The molecule has 0 N–H and O–H groups in total. The minimum Gasteiger partial charge on any atom is -0.496 e. The summed E-state index contributed by atoms with van der Waals surface area (Å²) in [4.78, 5) is 0. The molecule has 31 heavy (non-hydrogen) atoms. The topological polar surface area (TPSA) is 55.4 Å². The highest BCUT2D eigenvalue weighted by Crippen LogP contribution is 2.52. The van der Waals surface area contributed by atoms with E-state index in [9.17, 15) is 0 Å². The third-order valence-electron chi connectivity index (χ3n) is 5.26. The summed E-state index contributed by atoms with van der Waals surface area (Å²) in [5.74, 6) is 3.50. The molecule has 0 aliphatic carbocycles. The van der Waals surface area contributed by atoms with Gasteiger partial charge in [-0.15, -0.1) is 0 Å². The molecule has 0 aliphatic heterocycles. The molecule has 3 aromatic carbocycles. The molecular formula is C25H28O6. The van der Waals surface area contributed by atoms with E-state index < -0.39 is 5.92 Å². The SMILES string of the molecule is COc1cccc(OC)c1C(c1c(OC)cccc1OC)c1c(OC)cccc1OC. The highest BCUT2D eigenvalue weighted by molar-refractivity contribution is 5.66. The second-order valence-electron chi connectivity index (χ2n) is 6.66. The van der Waals surface area contributed by atoms with Gasteiger partial charge in [-0.25, -0.2) is 0 Å². The van der Waals surface area contributed by atoms with Crippen LogP contribution < -0.4 is 28.4 Å². The van der Waals surface area contributed by atoms with E-state index in [0.29, 0.717) is 34.5 Å². The Kier molecular flexibility index (Phi) is 7.13. The van der Waals surface area contributed by atoms with Crippen molar-refractivity contribution >= 4 is 0 Å². The molecule has 3 aromatic rings. The first-order chi connectivity index (χ1) is 15.1. The van der Waals surface area contributed by atoms with Crippen LogP contribution in [0.25, 0.3) is 0 Å². The van der Waals surface area contributed by atoms with Gasteiger partial charge >= 0.3 is 0 Å². The predicted molar refractivity (Wildman–Crippen MR) is 120 cm³/mol. The van der Waals surface area contributed by atoms with Gasteiger partial charge in [-0.2, -0.15) is 0 Å². The second-order valence-corrected chi connectivity index (χ2v) is 6.66. The Morgan fingerprint density at radius 2 is 0.581 bits per heavy atom. The number of methoxy groups -OCH3 is 6. The molecule has 0 unspecified atom stereocenters. The summed E-state index contributed by atoms with van der Waals surface area (Å²) in [6.07, 6.45) is 0. The third-order valence-corrected chi connectivity index (χ3v) is 5.26. The second kappa shape index (κ2) is 9.98. The van der Waals surface area contributed by atoms with E-state index in [1.165, 1.54) is 0 Å². The van der Waals surface area contributed by atoms with Crippen molar-refractivity contribution in [1.29, 1.82) is 0 Å². The van der Waals surface area contributed by atoms with Gasteiger partial charge in [0.2, 0.25) is 0 Å². The molecule has 0 bridgehead atoms. The average Bonchev–Trinajstić information content (AvgIpc) is 2.83. The van der Waals surface area contributed by atoms with Crippen LogP contribution in [0.2, 0.25) is 0 Å². The van der Waals surface area contributed by atoms with Gasteiger partial charge in [0.05, 0.1) is 48.6 Å². The summed E-state index contributed by atoms with van der Waals surface area (Å²) in [5.41, 5.74) is 2.41. The van der Waals surface area contributed by atoms with Crippen LogP contribution in [-0.4, -0.2) is 42.7 Å². The predicted octanol–water partition coefficient (Wildman–Crippen LogP) is 4.92. The fourth-order valence-corrected chi connectivity index (χ4v) is 3.93. The van der Waals surface area contributed by atoms with Gasteiger partial charge in [-0.05, 0) is 36.4 Å². The first-order valence-electron chi connectivity index (χ1n) is 9.77. The molecule has 0 heterocycles. The van der Waals surface area contributed by atoms with Crippen molar-refractivity contribution in [1.82, 2.24) is 0 Å². The fourth-order valence-electron chi connectivity index (χ4n) is 3.93. The van der Waals surface area contributed by atoms with Crippen molar-refractivity contribution in [2.45, 2.75) is 5.92 Å². The van der Waals surface area contributed by atoms with E-state index in [2.05, 4.69) is 0 Å². The van der Waals surface area contributed by atoms with Crippen LogP contribution in [-0.2, 0) is 0 Å². The maximum atomic E-state index is 5.76. The summed E-state index contributed by atoms with van der Waals surface area (Å²) >= 11 is 0. The Hall–Kier alpha value is -3.54. The van der Waals surface area contributed by atoms with Crippen molar-refractivity contribution < 1.29 is 28.4 Å². The highest BCUT2D eigenvalue weighted by Gasteiger charge is 2.34. The maximum Gasteiger partial charge on any atom is 0.126 e. The quantitative estimate of drug-likeness (QED) is 0.455. The van der Waals surface area contributed by atoms with E-state index in [1.54, 1.807) is 42.7 Å². The van der Waals surface area contributed by atoms with Crippen molar-refractivity contribution in [3.63, 3.8) is 0 Å². The Morgan fingerprint density at radius 3 is 0.742 bits per heavy atom. The van der Waals surface area contributed by atoms with Crippen LogP contribution >= 0.6 is 0 Å². The largest absolute Gasteiger partial charge is 0.496 e. The van der Waals surface area contributed by atoms with Gasteiger partial charge in [0.1, 0.15) is 34.5 Å². The van der Waals surface area contributed by atoms with Crippen molar-refractivity contribution in [3.05, 3.63) is 71.3 Å². The lowest BCUT2D eigenvalue weighted by Crippen LogP contribution is -2.13. The molecule has 0 fully saturated rings. The molecule has 0 atom stereocenters. The van der Waals surface area contributed by atoms with Gasteiger partial charge in [-0.1, -0.05) is 18.2 Å². The first-order valence-corrected chi connectivity index (χ1v) is 9.77. The zero-order chi connectivity index (χ0) is 22.4. The number of hydrogen-bond acceptors (Lipinski definition) is 6. The van der Waals surface area contributed by atoms with Crippen LogP contribution in [0.5, 0.6) is 34.5 Å². The summed E-state index contributed by atoms with van der Waals surface area (Å²) in [6.45, 7) is 0. The van der Waals surface area contributed by atoms with Gasteiger partial charge in [0.25, 0.3) is 0 Å². The van der Waals surface area contributed by atoms with Crippen molar-refractivity contribution in [3.8, 4) is 34.5 Å². The van der Waals surface area contributed by atoms with Gasteiger partial charge in [-0.3, -0.25) is 0 Å². The zero-order valence-electron chi connectivity index (χ0n) is 18.7. The Labute approximate surface area is 183 Å². The molecule has 6 heteroatoms. The maximum absolute atomic E-state index is 5.76. The van der Waals surface area contributed by atoms with Crippen LogP contribution in [0.4, 0.5) is 0 Å². The third kappa shape index (κ3) is 4.06. The molecule has 0 aliphatic rings. The fraction of sp³-hybridized carbons (Fsp3) is 0.280. The molecule has 0 spiro atoms. The van der Waals surface area contributed by atoms with Gasteiger partial charge < -0.3 is 28.4 Å². The average molecular weight is 424 g/mol. The van der Waals surface area contributed by atoms with Crippen molar-refractivity contribution in [2.24, 2.45) is 0 Å². The summed E-state index contributed by atoms with van der Waals surface area (Å²) in [6, 6.07) is 17.0. The normalized spacial score (nSPS) is 10.5. The molecule has 0 saturated heterocycles. The zero-order valence-corrected chi connectivity index (χ0v) is 18.7. The first kappa shape index (κ1) is 22.2. The lowest BCUT2D eigenvalue weighted by atomic mass is 9.82. The summed E-state index contributed by atoms with van der Waals surface area (Å²) < 4.78 is 34.6. The van der Waals surface area contributed by atoms with Crippen molar-refractivity contribution in [2.75, 3.05) is 42.7 Å². The number of ether oxygens (including phenoxy) is 6. The molecule has 0 radical (unpaired) electrons. The monoisotopic (exact) mass is 424 g/mol. The van der Waals surface area contributed by atoms with Crippen LogP contribution in [0.1, 0.15) is 22.6 Å². The lowest BCUT2D eigenvalue weighted by molar-refractivity contribution is 0.363. The van der Waals surface area contributed by atoms with E-state index in [-0.39, 0.29) is 0 Å². The van der Waals surface area contributed by atoms with Gasteiger partial charge in [0, 0.05) is 16.7 Å². The summed E-state index contributed by atoms with van der Waals surface area (Å²) in [5, 5.41) is 0. The molecule has 164 valence electrons. The Morgan fingerprint density at radius 1 is 0.387 bits per heavy atom. The van der Waals surface area contributed by atoms with Gasteiger partial charge in [0.15, 0.2) is 0 Å².